The highest BCUT2D eigenvalue weighted by atomic mass is 79.9. The van der Waals surface area contributed by atoms with Crippen molar-refractivity contribution in [1.29, 1.82) is 0 Å². The van der Waals surface area contributed by atoms with Crippen molar-refractivity contribution >= 4 is 38.7 Å². The summed E-state index contributed by atoms with van der Waals surface area (Å²) < 4.78 is 0.881. The first-order valence-corrected chi connectivity index (χ1v) is 8.34. The molecule has 1 amide bonds. The van der Waals surface area contributed by atoms with Gasteiger partial charge in [-0.15, -0.1) is 0 Å². The fraction of sp³-hybridized carbons (Fsp3) is 0.353. The zero-order valence-corrected chi connectivity index (χ0v) is 14.3. The van der Waals surface area contributed by atoms with Crippen molar-refractivity contribution in [3.8, 4) is 0 Å². The largest absolute Gasteiger partial charge is 0.481 e. The molecule has 0 radical (unpaired) electrons. The van der Waals surface area contributed by atoms with Crippen LogP contribution in [0.5, 0.6) is 0 Å². The fourth-order valence-corrected chi connectivity index (χ4v) is 3.40. The Morgan fingerprint density at radius 2 is 2.13 bits per heavy atom. The molecule has 1 atom stereocenters. The number of pyridine rings is 1. The molecule has 2 aromatic rings. The number of carboxylic acids is 1. The first kappa shape index (κ1) is 15.9. The van der Waals surface area contributed by atoms with Crippen molar-refractivity contribution in [3.05, 3.63) is 40.0 Å². The molecule has 0 bridgehead atoms. The van der Waals surface area contributed by atoms with Gasteiger partial charge in [0.2, 0.25) is 0 Å². The Kier molecular flexibility index (Phi) is 4.35. The van der Waals surface area contributed by atoms with Gasteiger partial charge >= 0.3 is 5.97 Å². The van der Waals surface area contributed by atoms with E-state index in [-0.39, 0.29) is 12.5 Å². The van der Waals surface area contributed by atoms with Gasteiger partial charge in [-0.2, -0.15) is 0 Å². The Hall–Kier alpha value is -1.95. The summed E-state index contributed by atoms with van der Waals surface area (Å²) in [6, 6.07) is 7.43. The van der Waals surface area contributed by atoms with E-state index in [0.717, 1.165) is 21.1 Å². The third kappa shape index (κ3) is 3.22. The second-order valence-corrected chi connectivity index (χ2v) is 6.82. The molecule has 0 spiro atoms. The van der Waals surface area contributed by atoms with Crippen LogP contribution in [0, 0.1) is 12.8 Å². The molecular weight excluding hydrogens is 360 g/mol. The van der Waals surface area contributed by atoms with E-state index in [9.17, 15) is 14.7 Å². The molecular formula is C17H17BrN2O3. The maximum Gasteiger partial charge on any atom is 0.308 e. The lowest BCUT2D eigenvalue weighted by molar-refractivity contribution is -0.143. The number of carbonyl (C=O) groups excluding carboxylic acids is 1. The second kappa shape index (κ2) is 6.28. The van der Waals surface area contributed by atoms with Crippen LogP contribution in [0.4, 0.5) is 0 Å². The molecule has 1 aromatic carbocycles. The Bertz CT molecular complexity index is 791. The standard InChI is InChI=1S/C17H17BrN2O3/c1-10-7-14(13-8-12(18)4-5-15(13)19-10)16(21)20-6-2-3-11(9-20)17(22)23/h4-5,7-8,11H,2-3,6,9H2,1H3,(H,22,23)/t11-/m1/s1. The molecule has 6 heteroatoms. The number of fused-ring (bicyclic) bond motifs is 1. The maximum absolute atomic E-state index is 12.9. The number of aryl methyl sites for hydroxylation is 1. The van der Waals surface area contributed by atoms with Crippen LogP contribution in [0.15, 0.2) is 28.7 Å². The van der Waals surface area contributed by atoms with Crippen molar-refractivity contribution in [2.45, 2.75) is 19.8 Å². The van der Waals surface area contributed by atoms with Gasteiger partial charge in [-0.3, -0.25) is 14.6 Å². The number of carbonyl (C=O) groups is 2. The topological polar surface area (TPSA) is 70.5 Å². The van der Waals surface area contributed by atoms with Crippen molar-refractivity contribution in [3.63, 3.8) is 0 Å². The molecule has 120 valence electrons. The third-order valence-electron chi connectivity index (χ3n) is 4.19. The predicted molar refractivity (Wildman–Crippen MR) is 90.4 cm³/mol. The third-order valence-corrected chi connectivity index (χ3v) is 4.68. The van der Waals surface area contributed by atoms with Crippen LogP contribution in [0.2, 0.25) is 0 Å². The molecule has 3 rings (SSSR count). The van der Waals surface area contributed by atoms with Crippen molar-refractivity contribution < 1.29 is 14.7 Å². The lowest BCUT2D eigenvalue weighted by Crippen LogP contribution is -2.42. The maximum atomic E-state index is 12.9. The molecule has 1 fully saturated rings. The number of nitrogens with zero attached hydrogens (tertiary/aromatic N) is 2. The highest BCUT2D eigenvalue weighted by Crippen LogP contribution is 2.26. The zero-order chi connectivity index (χ0) is 16.6. The summed E-state index contributed by atoms with van der Waals surface area (Å²) in [6.45, 7) is 2.72. The molecule has 0 unspecified atom stereocenters. The first-order chi connectivity index (χ1) is 11.0. The van der Waals surface area contributed by atoms with E-state index in [0.29, 0.717) is 24.9 Å². The van der Waals surface area contributed by atoms with E-state index < -0.39 is 11.9 Å². The van der Waals surface area contributed by atoms with Crippen LogP contribution in [0.25, 0.3) is 10.9 Å². The Morgan fingerprint density at radius 1 is 1.35 bits per heavy atom. The number of rotatable bonds is 2. The number of halogens is 1. The molecule has 1 aliphatic heterocycles. The minimum absolute atomic E-state index is 0.121. The van der Waals surface area contributed by atoms with Crippen LogP contribution < -0.4 is 0 Å². The molecule has 2 heterocycles. The number of carboxylic acid groups (broad SMARTS) is 1. The van der Waals surface area contributed by atoms with Crippen LogP contribution in [0.1, 0.15) is 28.9 Å². The van der Waals surface area contributed by atoms with E-state index in [1.54, 1.807) is 11.0 Å². The molecule has 0 saturated carbocycles. The number of amides is 1. The van der Waals surface area contributed by atoms with E-state index >= 15 is 0 Å². The second-order valence-electron chi connectivity index (χ2n) is 5.90. The Morgan fingerprint density at radius 3 is 2.87 bits per heavy atom. The van der Waals surface area contributed by atoms with Gasteiger partial charge < -0.3 is 10.0 Å². The molecule has 1 aromatic heterocycles. The highest BCUT2D eigenvalue weighted by Gasteiger charge is 2.29. The first-order valence-electron chi connectivity index (χ1n) is 7.54. The number of hydrogen-bond donors (Lipinski definition) is 1. The van der Waals surface area contributed by atoms with Crippen molar-refractivity contribution in [1.82, 2.24) is 9.88 Å². The van der Waals surface area contributed by atoms with Gasteiger partial charge in [0, 0.05) is 28.6 Å². The zero-order valence-electron chi connectivity index (χ0n) is 12.8. The average molecular weight is 377 g/mol. The van der Waals surface area contributed by atoms with Gasteiger partial charge in [-0.05, 0) is 44.0 Å². The van der Waals surface area contributed by atoms with E-state index in [2.05, 4.69) is 20.9 Å². The van der Waals surface area contributed by atoms with Crippen LogP contribution in [-0.4, -0.2) is 40.0 Å². The summed E-state index contributed by atoms with van der Waals surface area (Å²) in [5.41, 5.74) is 2.12. The minimum Gasteiger partial charge on any atom is -0.481 e. The fourth-order valence-electron chi connectivity index (χ4n) is 3.04. The summed E-state index contributed by atoms with van der Waals surface area (Å²) in [6.07, 6.45) is 1.34. The normalized spacial score (nSPS) is 18.2. The monoisotopic (exact) mass is 376 g/mol. The molecule has 0 aliphatic carbocycles. The van der Waals surface area contributed by atoms with Gasteiger partial charge in [0.15, 0.2) is 0 Å². The summed E-state index contributed by atoms with van der Waals surface area (Å²) in [5, 5.41) is 9.99. The van der Waals surface area contributed by atoms with Crippen molar-refractivity contribution in [2.24, 2.45) is 5.92 Å². The smallest absolute Gasteiger partial charge is 0.308 e. The Balaban J connectivity index is 2.00. The van der Waals surface area contributed by atoms with Crippen LogP contribution >= 0.6 is 15.9 Å². The van der Waals surface area contributed by atoms with Gasteiger partial charge in [-0.1, -0.05) is 15.9 Å². The van der Waals surface area contributed by atoms with Crippen LogP contribution in [-0.2, 0) is 4.79 Å². The SMILES string of the molecule is Cc1cc(C(=O)N2CCC[C@@H](C(=O)O)C2)c2cc(Br)ccc2n1. The van der Waals surface area contributed by atoms with Crippen molar-refractivity contribution in [2.75, 3.05) is 13.1 Å². The lowest BCUT2D eigenvalue weighted by atomic mass is 9.97. The number of likely N-dealkylation sites (tertiary alicyclic amines) is 1. The quantitative estimate of drug-likeness (QED) is 0.872. The van der Waals surface area contributed by atoms with Gasteiger partial charge in [0.05, 0.1) is 17.0 Å². The van der Waals surface area contributed by atoms with E-state index in [1.165, 1.54) is 0 Å². The number of aromatic nitrogens is 1. The molecule has 23 heavy (non-hydrogen) atoms. The minimum atomic E-state index is -0.832. The number of hydrogen-bond acceptors (Lipinski definition) is 3. The number of benzene rings is 1. The van der Waals surface area contributed by atoms with Gasteiger partial charge in [0.1, 0.15) is 0 Å². The van der Waals surface area contributed by atoms with Crippen LogP contribution in [0.3, 0.4) is 0 Å². The summed E-state index contributed by atoms with van der Waals surface area (Å²) >= 11 is 3.43. The Labute approximate surface area is 142 Å². The predicted octanol–water partition coefficient (Wildman–Crippen LogP) is 3.24. The summed E-state index contributed by atoms with van der Waals surface area (Å²) in [4.78, 5) is 30.3. The average Bonchev–Trinajstić information content (AvgIpc) is 2.54. The number of piperidine rings is 1. The molecule has 1 aliphatic rings. The lowest BCUT2D eigenvalue weighted by Gasteiger charge is -2.31. The van der Waals surface area contributed by atoms with Gasteiger partial charge in [-0.25, -0.2) is 0 Å². The van der Waals surface area contributed by atoms with Gasteiger partial charge in [0.25, 0.3) is 5.91 Å². The van der Waals surface area contributed by atoms with E-state index in [4.69, 9.17) is 0 Å². The summed E-state index contributed by atoms with van der Waals surface area (Å²) in [5.74, 6) is -1.43. The molecule has 1 N–H and O–H groups in total. The number of aliphatic carboxylic acids is 1. The molecule has 5 nitrogen and oxygen atoms in total. The molecule has 1 saturated heterocycles. The van der Waals surface area contributed by atoms with E-state index in [1.807, 2.05) is 25.1 Å². The highest BCUT2D eigenvalue weighted by molar-refractivity contribution is 9.10. The summed E-state index contributed by atoms with van der Waals surface area (Å²) in [7, 11) is 0.